The molecule has 1 aliphatic heterocycles. The maximum Gasteiger partial charge on any atom is 0.319 e. The molecule has 0 aliphatic carbocycles. The predicted octanol–water partition coefficient (Wildman–Crippen LogP) is 3.65. The van der Waals surface area contributed by atoms with Crippen LogP contribution in [0.5, 0.6) is 0 Å². The Morgan fingerprint density at radius 3 is 2.50 bits per heavy atom. The Bertz CT molecular complexity index is 777. The van der Waals surface area contributed by atoms with Crippen molar-refractivity contribution < 1.29 is 13.6 Å². The first-order chi connectivity index (χ1) is 11.3. The lowest BCUT2D eigenvalue weighted by Crippen LogP contribution is -2.58. The number of halogens is 2. The van der Waals surface area contributed by atoms with Gasteiger partial charge in [-0.25, -0.2) is 13.6 Å². The van der Waals surface area contributed by atoms with Gasteiger partial charge in [0.15, 0.2) is 5.82 Å². The normalized spacial score (nSPS) is 16.0. The molecule has 0 unspecified atom stereocenters. The molecule has 0 saturated heterocycles. The summed E-state index contributed by atoms with van der Waals surface area (Å²) < 4.78 is 28.3. The van der Waals surface area contributed by atoms with Crippen molar-refractivity contribution in [2.45, 2.75) is 25.9 Å². The number of rotatable bonds is 2. The lowest BCUT2D eigenvalue weighted by molar-refractivity contribution is 0.251. The minimum Gasteiger partial charge on any atom is -0.356 e. The van der Waals surface area contributed by atoms with Gasteiger partial charge in [0, 0.05) is 12.6 Å². The molecule has 1 aliphatic rings. The molecule has 2 aromatic carbocycles. The molecule has 0 bridgehead atoms. The molecule has 0 aromatic heterocycles. The largest absolute Gasteiger partial charge is 0.356 e. The van der Waals surface area contributed by atoms with Crippen LogP contribution < -0.4 is 15.5 Å². The summed E-state index contributed by atoms with van der Waals surface area (Å²) in [4.78, 5) is 14.9. The van der Waals surface area contributed by atoms with E-state index in [9.17, 15) is 13.6 Å². The van der Waals surface area contributed by atoms with E-state index < -0.39 is 23.2 Å². The monoisotopic (exact) mass is 331 g/mol. The number of nitrogens with zero attached hydrogens (tertiary/aromatic N) is 2. The van der Waals surface area contributed by atoms with E-state index in [-0.39, 0.29) is 17.9 Å². The third kappa shape index (κ3) is 2.79. The van der Waals surface area contributed by atoms with Gasteiger partial charge in [-0.3, -0.25) is 4.90 Å². The minimum atomic E-state index is -0.739. The maximum atomic E-state index is 14.6. The molecular formula is C18H19F2N3O. The van der Waals surface area contributed by atoms with Gasteiger partial charge in [-0.1, -0.05) is 30.3 Å². The number of nitrogens with two attached hydrogens (primary N) is 1. The Hall–Kier alpha value is -2.63. The van der Waals surface area contributed by atoms with Crippen LogP contribution in [0.15, 0.2) is 42.5 Å². The highest BCUT2D eigenvalue weighted by molar-refractivity contribution is 5.96. The first kappa shape index (κ1) is 16.2. The van der Waals surface area contributed by atoms with Gasteiger partial charge >= 0.3 is 6.03 Å². The van der Waals surface area contributed by atoms with Crippen LogP contribution >= 0.6 is 0 Å². The van der Waals surface area contributed by atoms with Crippen molar-refractivity contribution in [3.05, 3.63) is 59.7 Å². The fourth-order valence-corrected chi connectivity index (χ4v) is 3.14. The Kier molecular flexibility index (Phi) is 3.91. The second kappa shape index (κ2) is 5.78. The number of hydrogen-bond donors (Lipinski definition) is 1. The molecule has 126 valence electrons. The molecular weight excluding hydrogens is 312 g/mol. The van der Waals surface area contributed by atoms with E-state index in [0.717, 1.165) is 17.7 Å². The van der Waals surface area contributed by atoms with Crippen molar-refractivity contribution in [2.24, 2.45) is 5.73 Å². The summed E-state index contributed by atoms with van der Waals surface area (Å²) in [7, 11) is 0. The van der Waals surface area contributed by atoms with Crippen LogP contribution in [0.25, 0.3) is 0 Å². The number of carbonyl (C=O) groups is 1. The highest BCUT2D eigenvalue weighted by Crippen LogP contribution is 2.42. The van der Waals surface area contributed by atoms with Crippen molar-refractivity contribution in [1.29, 1.82) is 0 Å². The summed E-state index contributed by atoms with van der Waals surface area (Å²) in [5, 5.41) is 0. The Labute approximate surface area is 139 Å². The zero-order valence-corrected chi connectivity index (χ0v) is 13.6. The molecule has 0 spiro atoms. The van der Waals surface area contributed by atoms with Crippen LogP contribution in [0, 0.1) is 11.6 Å². The SMILES string of the molecule is CC1(C)CN(C(N)=O)c2cc(F)cc(F)c2N1Cc1ccccc1. The van der Waals surface area contributed by atoms with Gasteiger partial charge in [0.1, 0.15) is 5.82 Å². The number of anilines is 2. The lowest BCUT2D eigenvalue weighted by Gasteiger charge is -2.48. The van der Waals surface area contributed by atoms with E-state index in [4.69, 9.17) is 5.73 Å². The number of urea groups is 1. The fourth-order valence-electron chi connectivity index (χ4n) is 3.14. The zero-order valence-electron chi connectivity index (χ0n) is 13.6. The summed E-state index contributed by atoms with van der Waals surface area (Å²) in [5.74, 6) is -1.45. The third-order valence-corrected chi connectivity index (χ3v) is 4.29. The van der Waals surface area contributed by atoms with E-state index >= 15 is 0 Å². The molecule has 24 heavy (non-hydrogen) atoms. The molecule has 0 radical (unpaired) electrons. The second-order valence-electron chi connectivity index (χ2n) is 6.56. The molecule has 0 atom stereocenters. The number of carbonyl (C=O) groups excluding carboxylic acids is 1. The quantitative estimate of drug-likeness (QED) is 0.913. The van der Waals surface area contributed by atoms with Crippen molar-refractivity contribution in [3.8, 4) is 0 Å². The van der Waals surface area contributed by atoms with Crippen LogP contribution in [0.3, 0.4) is 0 Å². The van der Waals surface area contributed by atoms with E-state index in [1.54, 1.807) is 0 Å². The Balaban J connectivity index is 2.15. The van der Waals surface area contributed by atoms with Crippen LogP contribution in [0.2, 0.25) is 0 Å². The Morgan fingerprint density at radius 2 is 1.88 bits per heavy atom. The second-order valence-corrected chi connectivity index (χ2v) is 6.56. The van der Waals surface area contributed by atoms with Gasteiger partial charge in [0.05, 0.1) is 23.5 Å². The Morgan fingerprint density at radius 1 is 1.21 bits per heavy atom. The molecule has 3 rings (SSSR count). The molecule has 0 fully saturated rings. The number of primary amides is 1. The number of amides is 2. The summed E-state index contributed by atoms with van der Waals surface area (Å²) in [6.45, 7) is 4.48. The van der Waals surface area contributed by atoms with Crippen molar-refractivity contribution >= 4 is 17.4 Å². The number of fused-ring (bicyclic) bond motifs is 1. The van der Waals surface area contributed by atoms with Gasteiger partial charge in [-0.05, 0) is 25.5 Å². The summed E-state index contributed by atoms with van der Waals surface area (Å²) in [5.41, 5.74) is 6.20. The van der Waals surface area contributed by atoms with E-state index in [1.165, 1.54) is 4.90 Å². The van der Waals surface area contributed by atoms with Crippen LogP contribution in [0.1, 0.15) is 19.4 Å². The molecule has 0 saturated carbocycles. The number of benzene rings is 2. The minimum absolute atomic E-state index is 0.162. The van der Waals surface area contributed by atoms with E-state index in [0.29, 0.717) is 6.54 Å². The average Bonchev–Trinajstić information content (AvgIpc) is 2.50. The van der Waals surface area contributed by atoms with Crippen molar-refractivity contribution in [2.75, 3.05) is 16.3 Å². The van der Waals surface area contributed by atoms with Crippen LogP contribution in [-0.4, -0.2) is 18.1 Å². The standard InChI is InChI=1S/C18H19F2N3O/c1-18(2)11-22(17(21)24)15-9-13(19)8-14(20)16(15)23(18)10-12-6-4-3-5-7-12/h3-9H,10-11H2,1-2H3,(H2,21,24). The van der Waals surface area contributed by atoms with Crippen molar-refractivity contribution in [3.63, 3.8) is 0 Å². The molecule has 2 aromatic rings. The molecule has 6 heteroatoms. The maximum absolute atomic E-state index is 14.6. The molecule has 2 amide bonds. The predicted molar refractivity (Wildman–Crippen MR) is 90.0 cm³/mol. The molecule has 2 N–H and O–H groups in total. The van der Waals surface area contributed by atoms with E-state index in [2.05, 4.69) is 0 Å². The first-order valence-electron chi connectivity index (χ1n) is 7.67. The lowest BCUT2D eigenvalue weighted by atomic mass is 9.94. The summed E-state index contributed by atoms with van der Waals surface area (Å²) in [6, 6.07) is 10.9. The van der Waals surface area contributed by atoms with Crippen LogP contribution in [0.4, 0.5) is 25.0 Å². The summed E-state index contributed by atoms with van der Waals surface area (Å²) in [6.07, 6.45) is 0. The number of hydrogen-bond acceptors (Lipinski definition) is 2. The topological polar surface area (TPSA) is 49.6 Å². The van der Waals surface area contributed by atoms with E-state index in [1.807, 2.05) is 49.1 Å². The molecule has 1 heterocycles. The highest BCUT2D eigenvalue weighted by atomic mass is 19.1. The average molecular weight is 331 g/mol. The zero-order chi connectivity index (χ0) is 17.5. The van der Waals surface area contributed by atoms with Gasteiger partial charge in [-0.2, -0.15) is 0 Å². The summed E-state index contributed by atoms with van der Waals surface area (Å²) >= 11 is 0. The smallest absolute Gasteiger partial charge is 0.319 e. The third-order valence-electron chi connectivity index (χ3n) is 4.29. The van der Waals surface area contributed by atoms with Crippen molar-refractivity contribution in [1.82, 2.24) is 0 Å². The highest BCUT2D eigenvalue weighted by Gasteiger charge is 2.40. The van der Waals surface area contributed by atoms with Gasteiger partial charge in [0.25, 0.3) is 0 Å². The van der Waals surface area contributed by atoms with Crippen LogP contribution in [-0.2, 0) is 6.54 Å². The molecule has 4 nitrogen and oxygen atoms in total. The van der Waals surface area contributed by atoms with Gasteiger partial charge < -0.3 is 10.6 Å². The van der Waals surface area contributed by atoms with Gasteiger partial charge in [-0.15, -0.1) is 0 Å². The fraction of sp³-hybridized carbons (Fsp3) is 0.278. The first-order valence-corrected chi connectivity index (χ1v) is 7.67. The van der Waals surface area contributed by atoms with Gasteiger partial charge in [0.2, 0.25) is 0 Å².